The van der Waals surface area contributed by atoms with E-state index in [0.717, 1.165) is 46.8 Å². The zero-order chi connectivity index (χ0) is 19.5. The summed E-state index contributed by atoms with van der Waals surface area (Å²) in [5.74, 6) is 1.47. The van der Waals surface area contributed by atoms with Crippen LogP contribution in [-0.2, 0) is 17.9 Å². The number of allylic oxidation sites excluding steroid dienone is 2. The Morgan fingerprint density at radius 2 is 1.21 bits per heavy atom. The fourth-order valence-corrected chi connectivity index (χ4v) is 3.48. The molecule has 0 aliphatic heterocycles. The maximum absolute atomic E-state index is 12.4. The topological polar surface area (TPSA) is 52.7 Å². The number of aryl methyl sites for hydroxylation is 2. The van der Waals surface area contributed by atoms with Crippen LogP contribution in [0.1, 0.15) is 25.5 Å². The average Bonchev–Trinajstić information content (AvgIpc) is 3.27. The quantitative estimate of drug-likeness (QED) is 0.461. The summed E-state index contributed by atoms with van der Waals surface area (Å²) in [6.45, 7) is 5.74. The van der Waals surface area contributed by atoms with Gasteiger partial charge in [-0.3, -0.25) is 4.79 Å². The molecule has 2 aromatic heterocycles. The number of fused-ring (bicyclic) bond motifs is 2. The Hall–Kier alpha value is -3.47. The van der Waals surface area contributed by atoms with Crippen LogP contribution in [0.5, 0.6) is 0 Å². The molecule has 0 aliphatic rings. The number of ketones is 1. The smallest absolute Gasteiger partial charge is 0.178 e. The highest BCUT2D eigenvalue weighted by atomic mass is 16.1. The van der Waals surface area contributed by atoms with Crippen molar-refractivity contribution in [3.63, 3.8) is 0 Å². The highest BCUT2D eigenvalue weighted by Gasteiger charge is 2.08. The molecule has 2 aromatic carbocycles. The molecule has 28 heavy (non-hydrogen) atoms. The van der Waals surface area contributed by atoms with Crippen molar-refractivity contribution in [1.29, 1.82) is 0 Å². The first kappa shape index (κ1) is 17.9. The van der Waals surface area contributed by atoms with Crippen molar-refractivity contribution < 1.29 is 4.79 Å². The molecule has 0 saturated heterocycles. The summed E-state index contributed by atoms with van der Waals surface area (Å²) in [4.78, 5) is 21.6. The van der Waals surface area contributed by atoms with Gasteiger partial charge in [0, 0.05) is 13.1 Å². The van der Waals surface area contributed by atoms with Gasteiger partial charge in [-0.15, -0.1) is 0 Å². The number of benzene rings is 2. The van der Waals surface area contributed by atoms with Gasteiger partial charge in [-0.2, -0.15) is 0 Å². The Bertz CT molecular complexity index is 1120. The zero-order valence-electron chi connectivity index (χ0n) is 16.0. The number of nitrogens with zero attached hydrogens (tertiary/aromatic N) is 4. The lowest BCUT2D eigenvalue weighted by molar-refractivity contribution is -0.110. The molecule has 0 N–H and O–H groups in total. The van der Waals surface area contributed by atoms with Gasteiger partial charge in [0.15, 0.2) is 5.78 Å². The molecule has 0 spiro atoms. The van der Waals surface area contributed by atoms with Crippen molar-refractivity contribution in [3.05, 3.63) is 72.3 Å². The summed E-state index contributed by atoms with van der Waals surface area (Å²) < 4.78 is 4.19. The highest BCUT2D eigenvalue weighted by Crippen LogP contribution is 2.18. The molecule has 0 saturated carbocycles. The van der Waals surface area contributed by atoms with Crippen LogP contribution in [0, 0.1) is 0 Å². The molecule has 140 valence electrons. The fraction of sp³-hybridized carbons (Fsp3) is 0.174. The van der Waals surface area contributed by atoms with Gasteiger partial charge < -0.3 is 9.13 Å². The number of carbonyl (C=O) groups excluding carboxylic acids is 1. The minimum absolute atomic E-state index is 0.0931. The van der Waals surface area contributed by atoms with E-state index in [1.165, 1.54) is 0 Å². The third-order valence-electron chi connectivity index (χ3n) is 4.79. The van der Waals surface area contributed by atoms with E-state index in [1.54, 1.807) is 24.3 Å². The Balaban J connectivity index is 1.58. The summed E-state index contributed by atoms with van der Waals surface area (Å²) >= 11 is 0. The van der Waals surface area contributed by atoms with Crippen LogP contribution in [0.4, 0.5) is 0 Å². The summed E-state index contributed by atoms with van der Waals surface area (Å²) in [6, 6.07) is 16.0. The van der Waals surface area contributed by atoms with E-state index in [2.05, 4.69) is 32.9 Å². The third-order valence-corrected chi connectivity index (χ3v) is 4.79. The molecule has 0 unspecified atom stereocenters. The van der Waals surface area contributed by atoms with Gasteiger partial charge in [0.25, 0.3) is 0 Å². The average molecular weight is 370 g/mol. The van der Waals surface area contributed by atoms with E-state index in [4.69, 9.17) is 0 Å². The number of imidazole rings is 2. The maximum Gasteiger partial charge on any atom is 0.178 e. The maximum atomic E-state index is 12.4. The summed E-state index contributed by atoms with van der Waals surface area (Å²) in [6.07, 6.45) is 6.67. The number of rotatable bonds is 6. The molecule has 0 radical (unpaired) electrons. The Labute approximate surface area is 163 Å². The molecule has 0 amide bonds. The predicted molar refractivity (Wildman–Crippen MR) is 114 cm³/mol. The van der Waals surface area contributed by atoms with Crippen LogP contribution in [0.2, 0.25) is 0 Å². The lowest BCUT2D eigenvalue weighted by Crippen LogP contribution is -1.98. The van der Waals surface area contributed by atoms with E-state index in [-0.39, 0.29) is 5.78 Å². The monoisotopic (exact) mass is 370 g/mol. The first-order chi connectivity index (χ1) is 13.7. The number of para-hydroxylation sites is 4. The van der Waals surface area contributed by atoms with Gasteiger partial charge in [0.1, 0.15) is 11.6 Å². The summed E-state index contributed by atoms with van der Waals surface area (Å²) in [5, 5.41) is 0. The minimum Gasteiger partial charge on any atom is -0.325 e. The first-order valence-corrected chi connectivity index (χ1v) is 9.52. The number of carbonyl (C=O) groups is 1. The lowest BCUT2D eigenvalue weighted by Gasteiger charge is -2.02. The van der Waals surface area contributed by atoms with Crippen molar-refractivity contribution in [2.45, 2.75) is 26.9 Å². The predicted octanol–water partition coefficient (Wildman–Crippen LogP) is 4.72. The molecule has 0 atom stereocenters. The minimum atomic E-state index is -0.0931. The van der Waals surface area contributed by atoms with Crippen molar-refractivity contribution in [1.82, 2.24) is 19.1 Å². The van der Waals surface area contributed by atoms with E-state index in [1.807, 2.05) is 48.5 Å². The van der Waals surface area contributed by atoms with Gasteiger partial charge in [0.05, 0.1) is 22.1 Å². The molecule has 4 rings (SSSR count). The molecule has 2 heterocycles. The zero-order valence-corrected chi connectivity index (χ0v) is 16.0. The first-order valence-electron chi connectivity index (χ1n) is 9.52. The highest BCUT2D eigenvalue weighted by molar-refractivity contribution is 6.04. The molecule has 5 heteroatoms. The summed E-state index contributed by atoms with van der Waals surface area (Å²) in [7, 11) is 0. The fourth-order valence-electron chi connectivity index (χ4n) is 3.48. The Morgan fingerprint density at radius 3 is 1.64 bits per heavy atom. The second-order valence-corrected chi connectivity index (χ2v) is 6.47. The van der Waals surface area contributed by atoms with Crippen molar-refractivity contribution in [3.8, 4) is 0 Å². The van der Waals surface area contributed by atoms with E-state index >= 15 is 0 Å². The van der Waals surface area contributed by atoms with Gasteiger partial charge in [-0.05, 0) is 62.4 Å². The molecule has 0 aliphatic carbocycles. The van der Waals surface area contributed by atoms with E-state index in [9.17, 15) is 4.79 Å². The van der Waals surface area contributed by atoms with Gasteiger partial charge in [-0.1, -0.05) is 24.3 Å². The van der Waals surface area contributed by atoms with Crippen molar-refractivity contribution in [2.75, 3.05) is 0 Å². The Morgan fingerprint density at radius 1 is 0.786 bits per heavy atom. The summed E-state index contributed by atoms with van der Waals surface area (Å²) in [5.41, 5.74) is 4.01. The van der Waals surface area contributed by atoms with Crippen LogP contribution in [0.15, 0.2) is 60.7 Å². The largest absolute Gasteiger partial charge is 0.325 e. The van der Waals surface area contributed by atoms with Gasteiger partial charge in [0.2, 0.25) is 0 Å². The number of hydrogen-bond acceptors (Lipinski definition) is 3. The second kappa shape index (κ2) is 7.64. The van der Waals surface area contributed by atoms with Crippen molar-refractivity contribution in [2.24, 2.45) is 0 Å². The molecule has 0 fully saturated rings. The normalized spacial score (nSPS) is 12.1. The molecule has 0 bridgehead atoms. The lowest BCUT2D eigenvalue weighted by atomic mass is 10.3. The second-order valence-electron chi connectivity index (χ2n) is 6.47. The molecular weight excluding hydrogens is 348 g/mol. The Kier molecular flexibility index (Phi) is 4.89. The van der Waals surface area contributed by atoms with Gasteiger partial charge >= 0.3 is 0 Å². The SMILES string of the molecule is CCn1c(/C=C/C(=O)/C=C/c2nc3ccccc3n2CC)nc2ccccc21. The third kappa shape index (κ3) is 3.27. The van der Waals surface area contributed by atoms with Crippen LogP contribution >= 0.6 is 0 Å². The standard InChI is InChI=1S/C23H22N4O/c1-3-26-20-11-7-5-9-18(20)24-22(26)15-13-17(28)14-16-23-25-19-10-6-8-12-21(19)27(23)4-2/h5-16H,3-4H2,1-2H3/b15-13+,16-14+. The van der Waals surface area contributed by atoms with Crippen LogP contribution in [0.3, 0.4) is 0 Å². The number of aromatic nitrogens is 4. The molecule has 4 aromatic rings. The van der Waals surface area contributed by atoms with Gasteiger partial charge in [-0.25, -0.2) is 9.97 Å². The number of hydrogen-bond donors (Lipinski definition) is 0. The van der Waals surface area contributed by atoms with Crippen LogP contribution < -0.4 is 0 Å². The van der Waals surface area contributed by atoms with E-state index < -0.39 is 0 Å². The molecular formula is C23H22N4O. The molecule has 5 nitrogen and oxygen atoms in total. The van der Waals surface area contributed by atoms with Crippen LogP contribution in [-0.4, -0.2) is 24.9 Å². The van der Waals surface area contributed by atoms with E-state index in [0.29, 0.717) is 0 Å². The van der Waals surface area contributed by atoms with Crippen molar-refractivity contribution >= 4 is 40.0 Å². The van der Waals surface area contributed by atoms with Crippen LogP contribution in [0.25, 0.3) is 34.2 Å².